The van der Waals surface area contributed by atoms with Crippen molar-refractivity contribution in [1.82, 2.24) is 4.31 Å². The van der Waals surface area contributed by atoms with Gasteiger partial charge in [0.1, 0.15) is 0 Å². The number of rotatable bonds is 7. The van der Waals surface area contributed by atoms with Gasteiger partial charge in [-0.2, -0.15) is 0 Å². The number of carbonyl (C=O) groups excluding carboxylic acids is 2. The van der Waals surface area contributed by atoms with Crippen LogP contribution in [-0.2, 0) is 19.6 Å². The van der Waals surface area contributed by atoms with Crippen molar-refractivity contribution in [3.63, 3.8) is 0 Å². The van der Waals surface area contributed by atoms with Gasteiger partial charge in [0.25, 0.3) is 5.91 Å². The minimum atomic E-state index is -3.74. The number of amides is 1. The first-order valence-corrected chi connectivity index (χ1v) is 12.5. The summed E-state index contributed by atoms with van der Waals surface area (Å²) in [6.45, 7) is 1.04. The minimum absolute atomic E-state index is 0.00685. The van der Waals surface area contributed by atoms with Gasteiger partial charge in [-0.25, -0.2) is 17.5 Å². The predicted octanol–water partition coefficient (Wildman–Crippen LogP) is 3.49. The molecule has 0 bridgehead atoms. The molecule has 1 aliphatic heterocycles. The van der Waals surface area contributed by atoms with Gasteiger partial charge in [-0.1, -0.05) is 36.4 Å². The largest absolute Gasteiger partial charge is 0.452 e. The van der Waals surface area contributed by atoms with Gasteiger partial charge in [0.05, 0.1) is 16.1 Å². The number of nitrogens with zero attached hydrogens (tertiary/aromatic N) is 2. The van der Waals surface area contributed by atoms with Gasteiger partial charge < -0.3 is 15.0 Å². The van der Waals surface area contributed by atoms with Crippen LogP contribution in [0.15, 0.2) is 65.6 Å². The monoisotopic (exact) mass is 481 g/mol. The van der Waals surface area contributed by atoms with Crippen LogP contribution in [0.3, 0.4) is 0 Å². The molecule has 9 heteroatoms. The van der Waals surface area contributed by atoms with E-state index in [2.05, 4.69) is 5.32 Å². The lowest BCUT2D eigenvalue weighted by atomic mass is 10.1. The zero-order valence-corrected chi connectivity index (χ0v) is 20.0. The highest BCUT2D eigenvalue weighted by atomic mass is 32.2. The average Bonchev–Trinajstić information content (AvgIpc) is 3.37. The normalized spacial score (nSPS) is 13.9. The maximum atomic E-state index is 13.0. The smallest absolute Gasteiger partial charge is 0.340 e. The molecule has 0 radical (unpaired) electrons. The van der Waals surface area contributed by atoms with Gasteiger partial charge in [-0.3, -0.25) is 4.79 Å². The second kappa shape index (κ2) is 9.82. The van der Waals surface area contributed by atoms with Crippen LogP contribution in [0.4, 0.5) is 11.4 Å². The van der Waals surface area contributed by atoms with Crippen LogP contribution in [0.1, 0.15) is 23.2 Å². The van der Waals surface area contributed by atoms with E-state index >= 15 is 0 Å². The van der Waals surface area contributed by atoms with Crippen molar-refractivity contribution < 1.29 is 22.7 Å². The number of anilines is 2. The second-order valence-corrected chi connectivity index (χ2v) is 10.5. The molecule has 0 saturated carbocycles. The highest BCUT2D eigenvalue weighted by molar-refractivity contribution is 7.89. The highest BCUT2D eigenvalue weighted by Gasteiger charge is 2.25. The fraction of sp³-hybridized carbons (Fsp3) is 0.280. The molecule has 1 fully saturated rings. The van der Waals surface area contributed by atoms with Crippen LogP contribution < -0.4 is 10.2 Å². The van der Waals surface area contributed by atoms with E-state index in [1.165, 1.54) is 26.2 Å². The molecule has 0 aliphatic carbocycles. The summed E-state index contributed by atoms with van der Waals surface area (Å²) in [5.41, 5.74) is 1.36. The number of hydrogen-bond acceptors (Lipinski definition) is 6. The summed E-state index contributed by atoms with van der Waals surface area (Å²) in [6.07, 6.45) is 1.97. The summed E-state index contributed by atoms with van der Waals surface area (Å²) in [7, 11) is -0.878. The van der Waals surface area contributed by atoms with Crippen molar-refractivity contribution in [2.24, 2.45) is 0 Å². The van der Waals surface area contributed by atoms with Crippen molar-refractivity contribution in [2.45, 2.75) is 17.7 Å². The van der Waals surface area contributed by atoms with Crippen LogP contribution in [0.2, 0.25) is 0 Å². The van der Waals surface area contributed by atoms with E-state index in [-0.39, 0.29) is 10.5 Å². The number of sulfonamides is 1. The summed E-state index contributed by atoms with van der Waals surface area (Å²) in [4.78, 5) is 27.6. The SMILES string of the molecule is CN(C)S(=O)(=O)c1ccc(N2CCCC2)c(C(=O)OCC(=O)Nc2cccc3ccccc23)c1. The maximum absolute atomic E-state index is 13.0. The standard InChI is InChI=1S/C25H27N3O5S/c1-27(2)34(31,32)19-12-13-23(28-14-5-6-15-28)21(16-19)25(30)33-17-24(29)26-22-11-7-9-18-8-3-4-10-20(18)22/h3-4,7-13,16H,5-6,14-15,17H2,1-2H3,(H,26,29). The molecule has 1 N–H and O–H groups in total. The Balaban J connectivity index is 1.53. The lowest BCUT2D eigenvalue weighted by Gasteiger charge is -2.22. The molecule has 0 unspecified atom stereocenters. The molecule has 3 aromatic carbocycles. The number of esters is 1. The van der Waals surface area contributed by atoms with Crippen molar-refractivity contribution >= 4 is 44.0 Å². The topological polar surface area (TPSA) is 96.0 Å². The third-order valence-electron chi connectivity index (χ3n) is 5.81. The summed E-state index contributed by atoms with van der Waals surface area (Å²) < 4.78 is 31.6. The van der Waals surface area contributed by atoms with Gasteiger partial charge in [-0.15, -0.1) is 0 Å². The summed E-state index contributed by atoms with van der Waals surface area (Å²) in [5.74, 6) is -1.23. The molecule has 178 valence electrons. The van der Waals surface area contributed by atoms with Gasteiger partial charge in [-0.05, 0) is 42.5 Å². The molecule has 34 heavy (non-hydrogen) atoms. The van der Waals surface area contributed by atoms with Gasteiger partial charge in [0, 0.05) is 38.3 Å². The number of benzene rings is 3. The van der Waals surface area contributed by atoms with Crippen LogP contribution in [0.5, 0.6) is 0 Å². The van der Waals surface area contributed by atoms with E-state index in [0.717, 1.165) is 41.0 Å². The van der Waals surface area contributed by atoms with Crippen LogP contribution in [0.25, 0.3) is 10.8 Å². The molecular formula is C25H27N3O5S. The van der Waals surface area contributed by atoms with Crippen LogP contribution in [0, 0.1) is 0 Å². The Kier molecular flexibility index (Phi) is 6.85. The zero-order valence-electron chi connectivity index (χ0n) is 19.2. The average molecular weight is 482 g/mol. The molecule has 1 amide bonds. The Morgan fingerprint density at radius 2 is 1.71 bits per heavy atom. The first kappa shape index (κ1) is 23.7. The van der Waals surface area contributed by atoms with Gasteiger partial charge in [0.2, 0.25) is 10.0 Å². The van der Waals surface area contributed by atoms with Crippen molar-refractivity contribution in [3.05, 3.63) is 66.2 Å². The molecule has 1 saturated heterocycles. The molecule has 0 aromatic heterocycles. The third-order valence-corrected chi connectivity index (χ3v) is 7.62. The number of carbonyl (C=O) groups is 2. The second-order valence-electron chi connectivity index (χ2n) is 8.31. The maximum Gasteiger partial charge on any atom is 0.340 e. The number of fused-ring (bicyclic) bond motifs is 1. The first-order valence-electron chi connectivity index (χ1n) is 11.0. The van der Waals surface area contributed by atoms with E-state index in [4.69, 9.17) is 4.74 Å². The van der Waals surface area contributed by atoms with Crippen LogP contribution in [-0.4, -0.2) is 58.4 Å². The van der Waals surface area contributed by atoms with E-state index in [1.54, 1.807) is 12.1 Å². The molecule has 8 nitrogen and oxygen atoms in total. The highest BCUT2D eigenvalue weighted by Crippen LogP contribution is 2.29. The fourth-order valence-corrected chi connectivity index (χ4v) is 4.94. The van der Waals surface area contributed by atoms with Gasteiger partial charge in [0.15, 0.2) is 6.61 Å². The number of nitrogens with one attached hydrogen (secondary N) is 1. The molecule has 1 heterocycles. The Morgan fingerprint density at radius 1 is 1.00 bits per heavy atom. The van der Waals surface area contributed by atoms with Crippen molar-refractivity contribution in [3.8, 4) is 0 Å². The Labute approximate surface area is 199 Å². The zero-order chi connectivity index (χ0) is 24.3. The predicted molar refractivity (Wildman–Crippen MR) is 132 cm³/mol. The Morgan fingerprint density at radius 3 is 2.44 bits per heavy atom. The molecule has 0 atom stereocenters. The fourth-order valence-electron chi connectivity index (χ4n) is 4.01. The van der Waals surface area contributed by atoms with E-state index < -0.39 is 28.5 Å². The van der Waals surface area contributed by atoms with E-state index in [0.29, 0.717) is 11.4 Å². The minimum Gasteiger partial charge on any atom is -0.452 e. The Bertz CT molecular complexity index is 1330. The molecule has 1 aliphatic rings. The number of ether oxygens (including phenoxy) is 1. The Hall–Kier alpha value is -3.43. The quantitative estimate of drug-likeness (QED) is 0.519. The van der Waals surface area contributed by atoms with Crippen molar-refractivity contribution in [2.75, 3.05) is 44.0 Å². The molecular weight excluding hydrogens is 454 g/mol. The number of hydrogen-bond donors (Lipinski definition) is 1. The lowest BCUT2D eigenvalue weighted by Crippen LogP contribution is -2.26. The lowest BCUT2D eigenvalue weighted by molar-refractivity contribution is -0.119. The third kappa shape index (κ3) is 4.90. The molecule has 3 aromatic rings. The van der Waals surface area contributed by atoms with Crippen LogP contribution >= 0.6 is 0 Å². The summed E-state index contributed by atoms with van der Waals surface area (Å²) >= 11 is 0. The van der Waals surface area contributed by atoms with Gasteiger partial charge >= 0.3 is 5.97 Å². The summed E-state index contributed by atoms with van der Waals surface area (Å²) in [6, 6.07) is 17.7. The molecule has 4 rings (SSSR count). The van der Waals surface area contributed by atoms with E-state index in [9.17, 15) is 18.0 Å². The molecule has 0 spiro atoms. The summed E-state index contributed by atoms with van der Waals surface area (Å²) in [5, 5.41) is 4.64. The first-order chi connectivity index (χ1) is 16.3. The van der Waals surface area contributed by atoms with Crippen molar-refractivity contribution in [1.29, 1.82) is 0 Å². The van der Waals surface area contributed by atoms with E-state index in [1.807, 2.05) is 41.3 Å².